The van der Waals surface area contributed by atoms with E-state index in [1.165, 1.54) is 0 Å². The van der Waals surface area contributed by atoms with E-state index in [0.29, 0.717) is 31.3 Å². The number of carbonyl (C=O) groups excluding carboxylic acids is 1. The minimum Gasteiger partial charge on any atom is -0.481 e. The minimum atomic E-state index is -1.08. The van der Waals surface area contributed by atoms with Gasteiger partial charge in [-0.25, -0.2) is 4.79 Å². The number of amides is 1. The smallest absolute Gasteiger partial charge is 0.407 e. The highest BCUT2D eigenvalue weighted by atomic mass is 35.5. The molecular weight excluding hydrogens is 463 g/mol. The monoisotopic (exact) mass is 494 g/mol. The highest BCUT2D eigenvalue weighted by molar-refractivity contribution is 6.18. The molecule has 8 heteroatoms. The summed E-state index contributed by atoms with van der Waals surface area (Å²) in [6, 6.07) is 15.3. The first kappa shape index (κ1) is 26.8. The molecule has 0 aliphatic heterocycles. The Balaban J connectivity index is 2.25. The van der Waals surface area contributed by atoms with Gasteiger partial charge in [0.2, 0.25) is 0 Å². The standard InChI is InChI=1S/C25H32Cl2N2O4/c1-18-9-10-22(29(13-11-26)14-12-27)15-21(18)16-25(3,19(2)23(30)31)28-24(32)33-17-20-7-5-4-6-8-20/h4-10,15,19H,11-14,16-17H2,1-3H3,(H,28,32)(H,30,31)/t19?,25-/m0/s1. The molecule has 2 aromatic rings. The van der Waals surface area contributed by atoms with E-state index in [1.54, 1.807) is 13.8 Å². The summed E-state index contributed by atoms with van der Waals surface area (Å²) in [5.41, 5.74) is 2.66. The Hall–Kier alpha value is -2.44. The van der Waals surface area contributed by atoms with Crippen LogP contribution in [0.25, 0.3) is 0 Å². The molecule has 1 amide bonds. The van der Waals surface area contributed by atoms with E-state index in [1.807, 2.05) is 55.5 Å². The molecule has 2 rings (SSSR count). The molecule has 33 heavy (non-hydrogen) atoms. The fraction of sp³-hybridized carbons (Fsp3) is 0.440. The third-order valence-corrected chi connectivity index (χ3v) is 6.23. The Bertz CT molecular complexity index is 920. The lowest BCUT2D eigenvalue weighted by Gasteiger charge is -2.35. The molecule has 0 saturated heterocycles. The number of anilines is 1. The number of alkyl carbamates (subject to hydrolysis) is 1. The Morgan fingerprint density at radius 3 is 2.33 bits per heavy atom. The predicted octanol–water partition coefficient (Wildman–Crippen LogP) is 5.23. The van der Waals surface area contributed by atoms with E-state index in [2.05, 4.69) is 10.2 Å². The maximum Gasteiger partial charge on any atom is 0.407 e. The number of nitrogens with one attached hydrogen (secondary N) is 1. The van der Waals surface area contributed by atoms with Crippen molar-refractivity contribution in [3.05, 3.63) is 65.2 Å². The average Bonchev–Trinajstić information content (AvgIpc) is 2.79. The lowest BCUT2D eigenvalue weighted by molar-refractivity contribution is -0.143. The number of hydrogen-bond acceptors (Lipinski definition) is 4. The number of benzene rings is 2. The van der Waals surface area contributed by atoms with Gasteiger partial charge in [-0.2, -0.15) is 0 Å². The summed E-state index contributed by atoms with van der Waals surface area (Å²) in [5.74, 6) is -0.932. The molecule has 0 fully saturated rings. The van der Waals surface area contributed by atoms with Crippen molar-refractivity contribution in [2.24, 2.45) is 5.92 Å². The fourth-order valence-corrected chi connectivity index (χ4v) is 3.99. The minimum absolute atomic E-state index is 0.102. The SMILES string of the molecule is Cc1ccc(N(CCCl)CCCl)cc1C[C@](C)(NC(=O)OCc1ccccc1)C(C)C(=O)O. The van der Waals surface area contributed by atoms with Crippen molar-refractivity contribution in [1.29, 1.82) is 0 Å². The predicted molar refractivity (Wildman–Crippen MR) is 134 cm³/mol. The van der Waals surface area contributed by atoms with Gasteiger partial charge in [-0.05, 0) is 56.0 Å². The Labute approximate surface area is 205 Å². The van der Waals surface area contributed by atoms with Gasteiger partial charge in [-0.15, -0.1) is 23.2 Å². The van der Waals surface area contributed by atoms with Crippen LogP contribution >= 0.6 is 23.2 Å². The number of carboxylic acids is 1. The first-order chi connectivity index (χ1) is 15.7. The van der Waals surface area contributed by atoms with E-state index in [-0.39, 0.29) is 6.61 Å². The van der Waals surface area contributed by atoms with E-state index >= 15 is 0 Å². The van der Waals surface area contributed by atoms with Gasteiger partial charge in [0.1, 0.15) is 6.61 Å². The van der Waals surface area contributed by atoms with Gasteiger partial charge >= 0.3 is 12.1 Å². The van der Waals surface area contributed by atoms with E-state index in [9.17, 15) is 14.7 Å². The van der Waals surface area contributed by atoms with Gasteiger partial charge < -0.3 is 20.1 Å². The molecule has 180 valence electrons. The number of carbonyl (C=O) groups is 2. The zero-order valence-corrected chi connectivity index (χ0v) is 20.8. The molecule has 0 saturated carbocycles. The average molecular weight is 495 g/mol. The second-order valence-corrected chi connectivity index (χ2v) is 9.07. The summed E-state index contributed by atoms with van der Waals surface area (Å²) >= 11 is 11.9. The van der Waals surface area contributed by atoms with Crippen molar-refractivity contribution in [2.75, 3.05) is 29.7 Å². The van der Waals surface area contributed by atoms with E-state index < -0.39 is 23.5 Å². The van der Waals surface area contributed by atoms with E-state index in [4.69, 9.17) is 27.9 Å². The summed E-state index contributed by atoms with van der Waals surface area (Å²) in [4.78, 5) is 26.6. The molecule has 2 aromatic carbocycles. The van der Waals surface area contributed by atoms with Crippen molar-refractivity contribution in [3.8, 4) is 0 Å². The van der Waals surface area contributed by atoms with Crippen LogP contribution in [0.4, 0.5) is 10.5 Å². The molecule has 0 aliphatic carbocycles. The summed E-state index contributed by atoms with van der Waals surface area (Å²) in [6.45, 7) is 6.67. The van der Waals surface area contributed by atoms with Gasteiger partial charge in [0.25, 0.3) is 0 Å². The number of ether oxygens (including phenoxy) is 1. The number of nitrogens with zero attached hydrogens (tertiary/aromatic N) is 1. The second kappa shape index (κ2) is 12.7. The van der Waals surface area contributed by atoms with Crippen LogP contribution in [-0.2, 0) is 22.6 Å². The van der Waals surface area contributed by atoms with Crippen LogP contribution in [-0.4, -0.2) is 47.6 Å². The van der Waals surface area contributed by atoms with Crippen molar-refractivity contribution in [3.63, 3.8) is 0 Å². The van der Waals surface area contributed by atoms with Crippen molar-refractivity contribution in [2.45, 2.75) is 39.3 Å². The van der Waals surface area contributed by atoms with Crippen molar-refractivity contribution >= 4 is 41.0 Å². The maximum absolute atomic E-state index is 12.6. The van der Waals surface area contributed by atoms with Crippen molar-refractivity contribution in [1.82, 2.24) is 5.32 Å². The number of alkyl halides is 2. The summed E-state index contributed by atoms with van der Waals surface area (Å²) in [6.07, 6.45) is -0.343. The number of rotatable bonds is 12. The first-order valence-electron chi connectivity index (χ1n) is 10.9. The molecule has 0 bridgehead atoms. The lowest BCUT2D eigenvalue weighted by atomic mass is 9.80. The zero-order valence-electron chi connectivity index (χ0n) is 19.3. The topological polar surface area (TPSA) is 78.9 Å². The fourth-order valence-electron chi connectivity index (χ4n) is 3.59. The van der Waals surface area contributed by atoms with Crippen LogP contribution in [0.5, 0.6) is 0 Å². The van der Waals surface area contributed by atoms with Crippen LogP contribution in [0.3, 0.4) is 0 Å². The lowest BCUT2D eigenvalue weighted by Crippen LogP contribution is -2.54. The first-order valence-corrected chi connectivity index (χ1v) is 11.9. The van der Waals surface area contributed by atoms with Crippen molar-refractivity contribution < 1.29 is 19.4 Å². The quantitative estimate of drug-likeness (QED) is 0.395. The third-order valence-electron chi connectivity index (χ3n) is 5.89. The molecular formula is C25H32Cl2N2O4. The number of aliphatic carboxylic acids is 1. The van der Waals surface area contributed by atoms with Crippen LogP contribution in [0.15, 0.2) is 48.5 Å². The van der Waals surface area contributed by atoms with Crippen LogP contribution in [0.2, 0.25) is 0 Å². The highest BCUT2D eigenvalue weighted by Gasteiger charge is 2.38. The maximum atomic E-state index is 12.6. The molecule has 2 atom stereocenters. The Kier molecular flexibility index (Phi) is 10.3. The number of aryl methyl sites for hydroxylation is 1. The third kappa shape index (κ3) is 7.83. The normalized spacial score (nSPS) is 13.6. The number of carboxylic acid groups (broad SMARTS) is 1. The molecule has 0 heterocycles. The van der Waals surface area contributed by atoms with Gasteiger partial charge in [0, 0.05) is 30.5 Å². The molecule has 1 unspecified atom stereocenters. The summed E-state index contributed by atoms with van der Waals surface area (Å²) in [7, 11) is 0. The Morgan fingerprint density at radius 1 is 1.12 bits per heavy atom. The molecule has 6 nitrogen and oxygen atoms in total. The van der Waals surface area contributed by atoms with Gasteiger partial charge in [0.05, 0.1) is 11.5 Å². The molecule has 0 spiro atoms. The number of hydrogen-bond donors (Lipinski definition) is 2. The molecule has 0 aromatic heterocycles. The second-order valence-electron chi connectivity index (χ2n) is 8.32. The molecule has 0 radical (unpaired) electrons. The summed E-state index contributed by atoms with van der Waals surface area (Å²) < 4.78 is 5.37. The van der Waals surface area contributed by atoms with E-state index in [0.717, 1.165) is 22.4 Å². The van der Waals surface area contributed by atoms with Gasteiger partial charge in [-0.3, -0.25) is 4.79 Å². The van der Waals surface area contributed by atoms with Crippen LogP contribution < -0.4 is 10.2 Å². The van der Waals surface area contributed by atoms with Crippen LogP contribution in [0, 0.1) is 12.8 Å². The molecule has 0 aliphatic rings. The largest absolute Gasteiger partial charge is 0.481 e. The van der Waals surface area contributed by atoms with Gasteiger partial charge in [0.15, 0.2) is 0 Å². The Morgan fingerprint density at radius 2 is 1.76 bits per heavy atom. The summed E-state index contributed by atoms with van der Waals surface area (Å²) in [5, 5.41) is 12.6. The van der Waals surface area contributed by atoms with Crippen LogP contribution in [0.1, 0.15) is 30.5 Å². The molecule has 2 N–H and O–H groups in total. The highest BCUT2D eigenvalue weighted by Crippen LogP contribution is 2.28. The van der Waals surface area contributed by atoms with Gasteiger partial charge in [-0.1, -0.05) is 36.4 Å². The number of halogens is 2. The zero-order chi connectivity index (χ0) is 24.4.